The minimum Gasteiger partial charge on any atom is -0.311 e. The Morgan fingerprint density at radius 1 is 0.194 bits per heavy atom. The van der Waals surface area contributed by atoms with Gasteiger partial charge in [0.2, 0.25) is 0 Å². The molecular weight excluding hydrogens is 749 g/mol. The molecule has 292 valence electrons. The second-order valence-electron chi connectivity index (χ2n) is 15.7. The first-order valence-electron chi connectivity index (χ1n) is 21.3. The predicted octanol–water partition coefficient (Wildman–Crippen LogP) is 17.1. The van der Waals surface area contributed by atoms with Gasteiger partial charge in [-0.1, -0.05) is 176 Å². The maximum absolute atomic E-state index is 2.34. The third-order valence-electron chi connectivity index (χ3n) is 12.0. The van der Waals surface area contributed by atoms with E-state index in [0.717, 1.165) is 34.1 Å². The molecule has 0 heterocycles. The van der Waals surface area contributed by atoms with Crippen LogP contribution in [0.4, 0.5) is 34.1 Å². The van der Waals surface area contributed by atoms with Gasteiger partial charge in [-0.25, -0.2) is 0 Å². The van der Waals surface area contributed by atoms with E-state index in [0.29, 0.717) is 0 Å². The van der Waals surface area contributed by atoms with E-state index in [1.165, 1.54) is 65.7 Å². The van der Waals surface area contributed by atoms with Crippen molar-refractivity contribution in [1.82, 2.24) is 0 Å². The molecule has 0 atom stereocenters. The monoisotopic (exact) mass is 790 g/mol. The first kappa shape index (κ1) is 36.8. The number of hydrogen-bond acceptors (Lipinski definition) is 2. The van der Waals surface area contributed by atoms with E-state index >= 15 is 0 Å². The average Bonchev–Trinajstić information content (AvgIpc) is 3.35. The van der Waals surface area contributed by atoms with E-state index in [2.05, 4.69) is 265 Å². The maximum atomic E-state index is 2.34. The Bertz CT molecular complexity index is 3250. The quantitative estimate of drug-likeness (QED) is 0.134. The molecule has 0 saturated carbocycles. The van der Waals surface area contributed by atoms with Gasteiger partial charge in [-0.15, -0.1) is 0 Å². The lowest BCUT2D eigenvalue weighted by molar-refractivity contribution is 1.26. The smallest absolute Gasteiger partial charge is 0.0463 e. The Balaban J connectivity index is 0.963. The molecule has 0 N–H and O–H groups in total. The van der Waals surface area contributed by atoms with Gasteiger partial charge in [-0.3, -0.25) is 0 Å². The van der Waals surface area contributed by atoms with Crippen LogP contribution in [0.3, 0.4) is 0 Å². The van der Waals surface area contributed by atoms with Gasteiger partial charge < -0.3 is 9.80 Å². The molecule has 0 spiro atoms. The first-order valence-corrected chi connectivity index (χ1v) is 21.3. The minimum absolute atomic E-state index is 1.08. The summed E-state index contributed by atoms with van der Waals surface area (Å²) in [6.07, 6.45) is 0. The Kier molecular flexibility index (Phi) is 9.57. The van der Waals surface area contributed by atoms with Crippen molar-refractivity contribution in [2.24, 2.45) is 0 Å². The van der Waals surface area contributed by atoms with Gasteiger partial charge in [0.1, 0.15) is 0 Å². The lowest BCUT2D eigenvalue weighted by Crippen LogP contribution is -2.12. The van der Waals surface area contributed by atoms with E-state index in [9.17, 15) is 0 Å². The summed E-state index contributed by atoms with van der Waals surface area (Å²) < 4.78 is 0. The van der Waals surface area contributed by atoms with Gasteiger partial charge in [-0.05, 0) is 145 Å². The summed E-state index contributed by atoms with van der Waals surface area (Å²) in [5, 5.41) is 7.51. The number of fused-ring (bicyclic) bond motifs is 3. The van der Waals surface area contributed by atoms with Crippen LogP contribution in [-0.2, 0) is 0 Å². The van der Waals surface area contributed by atoms with Crippen LogP contribution in [0.15, 0.2) is 255 Å². The van der Waals surface area contributed by atoms with Crippen LogP contribution >= 0.6 is 0 Å². The standard InChI is InChI=1S/C60H42N2/c1-4-17-45(18-5-1)59-55-24-12-14-26-57(55)60(58-27-15-13-25-56(58)59)46-32-36-52(37-33-46)62(50-22-8-3-9-23-50)54-40-38-53(39-41-54)61(49-20-6-2-7-21-49)51-34-30-44(31-35-51)48-29-28-43-16-10-11-19-47(43)42-48/h1-42H. The first-order chi connectivity index (χ1) is 30.8. The van der Waals surface area contributed by atoms with E-state index in [-0.39, 0.29) is 0 Å². The van der Waals surface area contributed by atoms with Gasteiger partial charge in [0.05, 0.1) is 0 Å². The molecule has 11 aromatic carbocycles. The molecule has 11 rings (SSSR count). The molecule has 0 aliphatic rings. The molecule has 2 heteroatoms. The molecule has 62 heavy (non-hydrogen) atoms. The summed E-state index contributed by atoms with van der Waals surface area (Å²) in [5.74, 6) is 0. The van der Waals surface area contributed by atoms with Crippen molar-refractivity contribution in [1.29, 1.82) is 0 Å². The highest BCUT2D eigenvalue weighted by atomic mass is 15.2. The second-order valence-corrected chi connectivity index (χ2v) is 15.7. The lowest BCUT2D eigenvalue weighted by Gasteiger charge is -2.28. The van der Waals surface area contributed by atoms with Crippen LogP contribution in [0, 0.1) is 0 Å². The maximum Gasteiger partial charge on any atom is 0.0463 e. The summed E-state index contributed by atoms with van der Waals surface area (Å²) in [6.45, 7) is 0. The number of para-hydroxylation sites is 2. The highest BCUT2D eigenvalue weighted by Gasteiger charge is 2.19. The fraction of sp³-hybridized carbons (Fsp3) is 0. The van der Waals surface area contributed by atoms with Gasteiger partial charge in [0, 0.05) is 34.1 Å². The van der Waals surface area contributed by atoms with Crippen molar-refractivity contribution >= 4 is 66.4 Å². The Labute approximate surface area is 362 Å². The molecule has 11 aromatic rings. The lowest BCUT2D eigenvalue weighted by atomic mass is 9.86. The Morgan fingerprint density at radius 2 is 0.500 bits per heavy atom. The third kappa shape index (κ3) is 6.84. The van der Waals surface area contributed by atoms with Crippen LogP contribution in [0.25, 0.3) is 65.7 Å². The Morgan fingerprint density at radius 3 is 0.952 bits per heavy atom. The summed E-state index contributed by atoms with van der Waals surface area (Å²) in [5.41, 5.74) is 13.9. The van der Waals surface area contributed by atoms with Gasteiger partial charge in [0.25, 0.3) is 0 Å². The second kappa shape index (κ2) is 16.1. The van der Waals surface area contributed by atoms with Crippen LogP contribution in [0.1, 0.15) is 0 Å². The SMILES string of the molecule is c1ccc(-c2c3ccccc3c(-c3ccc(N(c4ccccc4)c4ccc(N(c5ccccc5)c5ccc(-c6ccc7ccccc7c6)cc5)cc4)cc3)c3ccccc23)cc1. The zero-order valence-electron chi connectivity index (χ0n) is 34.1. The van der Waals surface area contributed by atoms with E-state index in [4.69, 9.17) is 0 Å². The summed E-state index contributed by atoms with van der Waals surface area (Å²) in [7, 11) is 0. The normalized spacial score (nSPS) is 11.2. The molecule has 0 saturated heterocycles. The topological polar surface area (TPSA) is 6.48 Å². The molecule has 2 nitrogen and oxygen atoms in total. The van der Waals surface area contributed by atoms with Crippen molar-refractivity contribution in [2.75, 3.05) is 9.80 Å². The fourth-order valence-electron chi connectivity index (χ4n) is 9.10. The highest BCUT2D eigenvalue weighted by Crippen LogP contribution is 2.45. The number of hydrogen-bond donors (Lipinski definition) is 0. The summed E-state index contributed by atoms with van der Waals surface area (Å²) in [4.78, 5) is 4.67. The largest absolute Gasteiger partial charge is 0.311 e. The fourth-order valence-corrected chi connectivity index (χ4v) is 9.10. The molecule has 0 aromatic heterocycles. The van der Waals surface area contributed by atoms with Crippen molar-refractivity contribution in [3.63, 3.8) is 0 Å². The minimum atomic E-state index is 1.08. The zero-order valence-corrected chi connectivity index (χ0v) is 34.1. The molecule has 0 amide bonds. The molecule has 0 aliphatic carbocycles. The molecule has 0 unspecified atom stereocenters. The number of rotatable bonds is 9. The van der Waals surface area contributed by atoms with Crippen molar-refractivity contribution in [3.05, 3.63) is 255 Å². The summed E-state index contributed by atoms with van der Waals surface area (Å²) >= 11 is 0. The van der Waals surface area contributed by atoms with E-state index in [1.807, 2.05) is 0 Å². The van der Waals surface area contributed by atoms with Crippen molar-refractivity contribution < 1.29 is 0 Å². The number of nitrogens with zero attached hydrogens (tertiary/aromatic N) is 2. The Hall–Kier alpha value is -8.20. The van der Waals surface area contributed by atoms with Gasteiger partial charge in [-0.2, -0.15) is 0 Å². The van der Waals surface area contributed by atoms with Crippen LogP contribution in [0.2, 0.25) is 0 Å². The number of benzene rings is 11. The molecule has 0 radical (unpaired) electrons. The van der Waals surface area contributed by atoms with Crippen LogP contribution < -0.4 is 9.80 Å². The third-order valence-corrected chi connectivity index (χ3v) is 12.0. The van der Waals surface area contributed by atoms with Crippen molar-refractivity contribution in [2.45, 2.75) is 0 Å². The molecule has 0 aliphatic heterocycles. The molecular formula is C60H42N2. The highest BCUT2D eigenvalue weighted by molar-refractivity contribution is 6.21. The predicted molar refractivity (Wildman–Crippen MR) is 265 cm³/mol. The number of anilines is 6. The summed E-state index contributed by atoms with van der Waals surface area (Å²) in [6, 6.07) is 91.9. The van der Waals surface area contributed by atoms with E-state index < -0.39 is 0 Å². The van der Waals surface area contributed by atoms with Crippen LogP contribution in [0.5, 0.6) is 0 Å². The van der Waals surface area contributed by atoms with E-state index in [1.54, 1.807) is 0 Å². The molecule has 0 bridgehead atoms. The molecule has 0 fully saturated rings. The van der Waals surface area contributed by atoms with Gasteiger partial charge in [0.15, 0.2) is 0 Å². The van der Waals surface area contributed by atoms with Gasteiger partial charge >= 0.3 is 0 Å². The van der Waals surface area contributed by atoms with Crippen molar-refractivity contribution in [3.8, 4) is 33.4 Å². The van der Waals surface area contributed by atoms with Crippen LogP contribution in [-0.4, -0.2) is 0 Å². The zero-order chi connectivity index (χ0) is 41.2. The average molecular weight is 791 g/mol.